The van der Waals surface area contributed by atoms with Gasteiger partial charge in [-0.25, -0.2) is 4.98 Å². The number of nitrogens with zero attached hydrogens (tertiary/aromatic N) is 4. The highest BCUT2D eigenvalue weighted by Crippen LogP contribution is 2.23. The molecule has 2 aromatic rings. The van der Waals surface area contributed by atoms with Crippen LogP contribution >= 0.6 is 0 Å². The van der Waals surface area contributed by atoms with Gasteiger partial charge in [0.25, 0.3) is 0 Å². The van der Waals surface area contributed by atoms with Crippen molar-refractivity contribution in [3.63, 3.8) is 0 Å². The summed E-state index contributed by atoms with van der Waals surface area (Å²) >= 11 is 0. The van der Waals surface area contributed by atoms with E-state index in [4.69, 9.17) is 5.73 Å². The van der Waals surface area contributed by atoms with Crippen LogP contribution in [0.4, 0.5) is 11.6 Å². The van der Waals surface area contributed by atoms with Crippen molar-refractivity contribution in [1.29, 1.82) is 0 Å². The molecule has 0 radical (unpaired) electrons. The van der Waals surface area contributed by atoms with E-state index in [-0.39, 0.29) is 0 Å². The van der Waals surface area contributed by atoms with E-state index in [2.05, 4.69) is 26.1 Å². The summed E-state index contributed by atoms with van der Waals surface area (Å²) in [6.45, 7) is 5.60. The van der Waals surface area contributed by atoms with Crippen LogP contribution in [0.15, 0.2) is 18.2 Å². The van der Waals surface area contributed by atoms with Gasteiger partial charge in [-0.15, -0.1) is 5.10 Å². The predicted molar refractivity (Wildman–Crippen MR) is 74.9 cm³/mol. The maximum absolute atomic E-state index is 5.85. The molecule has 0 saturated carbocycles. The average Bonchev–Trinajstić information content (AvgIpc) is 2.41. The fraction of sp³-hybridized carbons (Fsp3) is 0.357. The van der Waals surface area contributed by atoms with Crippen molar-refractivity contribution >= 4 is 11.6 Å². The van der Waals surface area contributed by atoms with Crippen LogP contribution in [-0.4, -0.2) is 21.7 Å². The second kappa shape index (κ2) is 4.50. The van der Waals surface area contributed by atoms with Crippen molar-refractivity contribution < 1.29 is 0 Å². The topological polar surface area (TPSA) is 67.9 Å². The van der Waals surface area contributed by atoms with Gasteiger partial charge in [0.2, 0.25) is 5.95 Å². The minimum absolute atomic E-state index is 0.705. The fourth-order valence-electron chi connectivity index (χ4n) is 2.33. The second-order valence-electron chi connectivity index (χ2n) is 4.98. The van der Waals surface area contributed by atoms with E-state index in [9.17, 15) is 0 Å². The Balaban J connectivity index is 1.90. The Morgan fingerprint density at radius 3 is 2.74 bits per heavy atom. The zero-order chi connectivity index (χ0) is 13.4. The number of nitrogens with two attached hydrogens (primary N) is 1. The fourth-order valence-corrected chi connectivity index (χ4v) is 2.33. The van der Waals surface area contributed by atoms with Crippen LogP contribution in [0.5, 0.6) is 0 Å². The number of rotatable bonds is 1. The highest BCUT2D eigenvalue weighted by atomic mass is 15.3. The largest absolute Gasteiger partial charge is 0.399 e. The maximum atomic E-state index is 5.85. The number of nitrogen functional groups attached to an aromatic ring is 1. The molecule has 3 rings (SSSR count). The Labute approximate surface area is 112 Å². The maximum Gasteiger partial charge on any atom is 0.245 e. The molecule has 0 spiro atoms. The van der Waals surface area contributed by atoms with Gasteiger partial charge in [-0.1, -0.05) is 6.07 Å². The van der Waals surface area contributed by atoms with Gasteiger partial charge in [0.05, 0.1) is 11.4 Å². The van der Waals surface area contributed by atoms with E-state index in [1.165, 1.54) is 11.1 Å². The third-order valence-corrected chi connectivity index (χ3v) is 3.61. The van der Waals surface area contributed by atoms with Crippen molar-refractivity contribution in [3.05, 3.63) is 40.7 Å². The highest BCUT2D eigenvalue weighted by Gasteiger charge is 2.19. The Bertz CT molecular complexity index is 623. The quantitative estimate of drug-likeness (QED) is 0.784. The molecule has 5 heteroatoms. The first-order chi connectivity index (χ1) is 9.13. The van der Waals surface area contributed by atoms with Gasteiger partial charge in [-0.05, 0) is 43.5 Å². The van der Waals surface area contributed by atoms with E-state index in [1.54, 1.807) is 0 Å². The van der Waals surface area contributed by atoms with Gasteiger partial charge in [0, 0.05) is 18.8 Å². The predicted octanol–water partition coefficient (Wildman–Crippen LogP) is 1.63. The second-order valence-corrected chi connectivity index (χ2v) is 4.98. The molecule has 2 heterocycles. The Kier molecular flexibility index (Phi) is 2.81. The summed E-state index contributed by atoms with van der Waals surface area (Å²) in [7, 11) is 0. The Morgan fingerprint density at radius 1 is 1.11 bits per heavy atom. The Hall–Kier alpha value is -2.17. The molecule has 1 aromatic carbocycles. The average molecular weight is 255 g/mol. The van der Waals surface area contributed by atoms with E-state index >= 15 is 0 Å². The van der Waals surface area contributed by atoms with Crippen LogP contribution in [0.3, 0.4) is 0 Å². The van der Waals surface area contributed by atoms with Crippen molar-refractivity contribution in [2.75, 3.05) is 17.2 Å². The normalized spacial score (nSPS) is 14.3. The lowest BCUT2D eigenvalue weighted by Gasteiger charge is -2.28. The van der Waals surface area contributed by atoms with Crippen molar-refractivity contribution in [2.45, 2.75) is 26.8 Å². The lowest BCUT2D eigenvalue weighted by molar-refractivity contribution is 0.691. The van der Waals surface area contributed by atoms with Crippen LogP contribution in [0, 0.1) is 13.8 Å². The van der Waals surface area contributed by atoms with Gasteiger partial charge in [0.15, 0.2) is 0 Å². The highest BCUT2D eigenvalue weighted by molar-refractivity contribution is 5.48. The zero-order valence-corrected chi connectivity index (χ0v) is 11.2. The molecule has 0 aliphatic carbocycles. The van der Waals surface area contributed by atoms with Crippen LogP contribution in [-0.2, 0) is 13.0 Å². The van der Waals surface area contributed by atoms with Crippen molar-refractivity contribution in [1.82, 2.24) is 15.2 Å². The SMILES string of the molecule is Cc1nnc(N2CCc3ccc(N)cc3C2)nc1C. The minimum atomic E-state index is 0.705. The summed E-state index contributed by atoms with van der Waals surface area (Å²) in [4.78, 5) is 6.67. The first kappa shape index (κ1) is 11.9. The number of fused-ring (bicyclic) bond motifs is 1. The molecule has 5 nitrogen and oxygen atoms in total. The molecule has 1 aliphatic rings. The molecular formula is C14H17N5. The van der Waals surface area contributed by atoms with Gasteiger partial charge in [0.1, 0.15) is 0 Å². The third kappa shape index (κ3) is 2.23. The number of aryl methyl sites for hydroxylation is 2. The van der Waals surface area contributed by atoms with E-state index in [0.717, 1.165) is 36.6 Å². The summed E-state index contributed by atoms with van der Waals surface area (Å²) in [5.74, 6) is 0.705. The van der Waals surface area contributed by atoms with E-state index in [1.807, 2.05) is 26.0 Å². The molecule has 0 amide bonds. The number of hydrogen-bond acceptors (Lipinski definition) is 5. The lowest BCUT2D eigenvalue weighted by Crippen LogP contribution is -2.32. The number of benzene rings is 1. The third-order valence-electron chi connectivity index (χ3n) is 3.61. The molecule has 1 aromatic heterocycles. The molecular weight excluding hydrogens is 238 g/mol. The van der Waals surface area contributed by atoms with E-state index in [0.29, 0.717) is 5.95 Å². The summed E-state index contributed by atoms with van der Waals surface area (Å²) in [6, 6.07) is 6.11. The Morgan fingerprint density at radius 2 is 1.95 bits per heavy atom. The summed E-state index contributed by atoms with van der Waals surface area (Å²) in [5.41, 5.74) is 11.1. The number of hydrogen-bond donors (Lipinski definition) is 1. The summed E-state index contributed by atoms with van der Waals surface area (Å²) < 4.78 is 0. The van der Waals surface area contributed by atoms with Gasteiger partial charge in [-0.3, -0.25) is 0 Å². The van der Waals surface area contributed by atoms with Crippen molar-refractivity contribution in [2.24, 2.45) is 0 Å². The lowest BCUT2D eigenvalue weighted by atomic mass is 9.99. The molecule has 1 aliphatic heterocycles. The van der Waals surface area contributed by atoms with E-state index < -0.39 is 0 Å². The van der Waals surface area contributed by atoms with Crippen molar-refractivity contribution in [3.8, 4) is 0 Å². The first-order valence-corrected chi connectivity index (χ1v) is 6.43. The molecule has 0 fully saturated rings. The smallest absolute Gasteiger partial charge is 0.245 e. The van der Waals surface area contributed by atoms with Crippen LogP contribution in [0.25, 0.3) is 0 Å². The molecule has 0 unspecified atom stereocenters. The van der Waals surface area contributed by atoms with Crippen LogP contribution in [0.2, 0.25) is 0 Å². The number of anilines is 2. The standard InChI is InChI=1S/C14H17N5/c1-9-10(2)17-18-14(16-9)19-6-5-11-3-4-13(15)7-12(11)8-19/h3-4,7H,5-6,8,15H2,1-2H3. The molecule has 0 atom stereocenters. The van der Waals surface area contributed by atoms with Gasteiger partial charge >= 0.3 is 0 Å². The number of aromatic nitrogens is 3. The summed E-state index contributed by atoms with van der Waals surface area (Å²) in [6.07, 6.45) is 0.992. The molecule has 0 bridgehead atoms. The molecule has 98 valence electrons. The monoisotopic (exact) mass is 255 g/mol. The molecule has 19 heavy (non-hydrogen) atoms. The van der Waals surface area contributed by atoms with Crippen LogP contribution in [0.1, 0.15) is 22.5 Å². The first-order valence-electron chi connectivity index (χ1n) is 6.43. The van der Waals surface area contributed by atoms with Gasteiger partial charge < -0.3 is 10.6 Å². The van der Waals surface area contributed by atoms with Crippen LogP contribution < -0.4 is 10.6 Å². The molecule has 2 N–H and O–H groups in total. The minimum Gasteiger partial charge on any atom is -0.399 e. The zero-order valence-electron chi connectivity index (χ0n) is 11.2. The molecule has 0 saturated heterocycles. The summed E-state index contributed by atoms with van der Waals surface area (Å²) in [5, 5.41) is 8.34. The van der Waals surface area contributed by atoms with Gasteiger partial charge in [-0.2, -0.15) is 5.10 Å².